The number of imidazole rings is 5. The van der Waals surface area contributed by atoms with Gasteiger partial charge in [-0.1, -0.05) is 112 Å². The summed E-state index contributed by atoms with van der Waals surface area (Å²) in [4.78, 5) is 36.8. The quantitative estimate of drug-likeness (QED) is 0.0608. The summed E-state index contributed by atoms with van der Waals surface area (Å²) in [6, 6.07) is 29.9. The first-order valence-electron chi connectivity index (χ1n) is 21.3. The summed E-state index contributed by atoms with van der Waals surface area (Å²) < 4.78 is 0. The molecular formula is C49H64N10O5. The van der Waals surface area contributed by atoms with Gasteiger partial charge in [0.1, 0.15) is 29.1 Å². The molecule has 0 amide bonds. The third-order valence-corrected chi connectivity index (χ3v) is 9.86. The maximum Gasteiger partial charge on any atom is 0.137 e. The van der Waals surface area contributed by atoms with Gasteiger partial charge in [0.2, 0.25) is 0 Å². The summed E-state index contributed by atoms with van der Waals surface area (Å²) in [7, 11) is 0. The minimum Gasteiger partial charge on any atom is -0.390 e. The fraction of sp³-hybridized carbons (Fsp3) is 0.327. The Morgan fingerprint density at radius 2 is 0.953 bits per heavy atom. The lowest BCUT2D eigenvalue weighted by atomic mass is 10.1. The maximum atomic E-state index is 9.12. The van der Waals surface area contributed by atoms with Gasteiger partial charge in [-0.15, -0.1) is 0 Å². The van der Waals surface area contributed by atoms with E-state index in [-0.39, 0.29) is 33.0 Å². The zero-order valence-corrected chi connectivity index (χ0v) is 38.2. The van der Waals surface area contributed by atoms with Crippen LogP contribution in [0, 0.1) is 34.6 Å². The van der Waals surface area contributed by atoms with Crippen LogP contribution in [-0.4, -0.2) is 75.4 Å². The monoisotopic (exact) mass is 873 g/mol. The van der Waals surface area contributed by atoms with Gasteiger partial charge in [0.25, 0.3) is 0 Å². The third kappa shape index (κ3) is 14.8. The van der Waals surface area contributed by atoms with E-state index in [9.17, 15) is 0 Å². The Bertz CT molecular complexity index is 2520. The Morgan fingerprint density at radius 1 is 0.469 bits per heavy atom. The SMILES string of the molecule is CCc1nc(C)[nH]c1CO.Cc1[nH]c(-c2ccccc2)nc1CO.Cc1[nH]c(C(C)C)nc1CO.Cc1[nH]c(Cc2ccccc2)nc1CO.Cc1nc(-c2ccccc2)c(CO)[nH]1. The molecule has 0 atom stereocenters. The highest BCUT2D eigenvalue weighted by atomic mass is 16.3. The lowest BCUT2D eigenvalue weighted by Gasteiger charge is -1.98. The molecule has 15 nitrogen and oxygen atoms in total. The van der Waals surface area contributed by atoms with Crippen LogP contribution in [0.5, 0.6) is 0 Å². The van der Waals surface area contributed by atoms with Crippen molar-refractivity contribution in [2.75, 3.05) is 0 Å². The van der Waals surface area contributed by atoms with E-state index in [2.05, 4.69) is 75.8 Å². The van der Waals surface area contributed by atoms with Crippen LogP contribution >= 0.6 is 0 Å². The van der Waals surface area contributed by atoms with Crippen molar-refractivity contribution in [2.24, 2.45) is 0 Å². The molecule has 15 heteroatoms. The molecule has 0 radical (unpaired) electrons. The van der Waals surface area contributed by atoms with Crippen molar-refractivity contribution in [3.63, 3.8) is 0 Å². The second-order valence-electron chi connectivity index (χ2n) is 15.2. The number of hydrogen-bond acceptors (Lipinski definition) is 10. The fourth-order valence-corrected chi connectivity index (χ4v) is 6.42. The summed E-state index contributed by atoms with van der Waals surface area (Å²) in [5.74, 6) is 4.77. The highest BCUT2D eigenvalue weighted by Gasteiger charge is 2.10. The number of nitrogens with zero attached hydrogens (tertiary/aromatic N) is 5. The van der Waals surface area contributed by atoms with Gasteiger partial charge in [0, 0.05) is 40.5 Å². The molecule has 64 heavy (non-hydrogen) atoms. The Morgan fingerprint density at radius 3 is 1.42 bits per heavy atom. The zero-order valence-electron chi connectivity index (χ0n) is 38.2. The normalized spacial score (nSPS) is 10.5. The Hall–Kier alpha value is -6.49. The Labute approximate surface area is 375 Å². The van der Waals surface area contributed by atoms with Crippen molar-refractivity contribution in [2.45, 2.75) is 107 Å². The van der Waals surface area contributed by atoms with E-state index >= 15 is 0 Å². The van der Waals surface area contributed by atoms with E-state index in [1.165, 1.54) is 5.56 Å². The molecule has 5 aromatic heterocycles. The number of aryl methyl sites for hydroxylation is 6. The molecule has 0 unspecified atom stereocenters. The van der Waals surface area contributed by atoms with Gasteiger partial charge in [-0.25, -0.2) is 24.9 Å². The highest BCUT2D eigenvalue weighted by Crippen LogP contribution is 2.21. The topological polar surface area (TPSA) is 245 Å². The van der Waals surface area contributed by atoms with E-state index in [0.29, 0.717) is 11.6 Å². The van der Waals surface area contributed by atoms with Gasteiger partial charge >= 0.3 is 0 Å². The van der Waals surface area contributed by atoms with E-state index in [1.807, 2.05) is 120 Å². The average Bonchev–Trinajstić information content (AvgIpc) is 4.15. The number of hydrogen-bond donors (Lipinski definition) is 10. The molecular weight excluding hydrogens is 809 g/mol. The van der Waals surface area contributed by atoms with Crippen LogP contribution in [0.25, 0.3) is 22.6 Å². The predicted molar refractivity (Wildman–Crippen MR) is 250 cm³/mol. The number of aromatic nitrogens is 10. The zero-order chi connectivity index (χ0) is 46.6. The fourth-order valence-electron chi connectivity index (χ4n) is 6.42. The van der Waals surface area contributed by atoms with E-state index < -0.39 is 0 Å². The van der Waals surface area contributed by atoms with Crippen molar-refractivity contribution < 1.29 is 25.5 Å². The van der Waals surface area contributed by atoms with Crippen LogP contribution < -0.4 is 0 Å². The number of H-pyrrole nitrogens is 5. The number of aromatic amines is 5. The van der Waals surface area contributed by atoms with Gasteiger partial charge in [-0.3, -0.25) is 0 Å². The molecule has 8 aromatic rings. The van der Waals surface area contributed by atoms with Crippen LogP contribution in [0.15, 0.2) is 91.0 Å². The number of aliphatic hydroxyl groups is 5. The summed E-state index contributed by atoms with van der Waals surface area (Å²) >= 11 is 0. The minimum absolute atomic E-state index is 0.00285. The first kappa shape index (κ1) is 50.2. The first-order chi connectivity index (χ1) is 30.8. The minimum atomic E-state index is -0.0187. The molecule has 0 bridgehead atoms. The molecule has 3 aromatic carbocycles. The number of nitrogens with one attached hydrogen (secondary N) is 5. The van der Waals surface area contributed by atoms with Crippen LogP contribution in [0.2, 0.25) is 0 Å². The lowest BCUT2D eigenvalue weighted by molar-refractivity contribution is 0.276. The molecule has 5 heterocycles. The van der Waals surface area contributed by atoms with E-state index in [4.69, 9.17) is 25.5 Å². The molecule has 0 aliphatic carbocycles. The number of aliphatic hydroxyl groups excluding tert-OH is 5. The Balaban J connectivity index is 0.000000177. The summed E-state index contributed by atoms with van der Waals surface area (Å²) in [5, 5.41) is 44.8. The molecule has 0 saturated carbocycles. The molecule has 0 spiro atoms. The Kier molecular flexibility index (Phi) is 20.0. The highest BCUT2D eigenvalue weighted by molar-refractivity contribution is 5.61. The number of rotatable bonds is 11. The largest absolute Gasteiger partial charge is 0.390 e. The van der Waals surface area contributed by atoms with E-state index in [1.54, 1.807) is 0 Å². The van der Waals surface area contributed by atoms with Gasteiger partial charge in [-0.2, -0.15) is 0 Å². The predicted octanol–water partition coefficient (Wildman–Crippen LogP) is 7.66. The molecule has 0 aliphatic rings. The molecule has 8 rings (SSSR count). The van der Waals surface area contributed by atoms with Crippen LogP contribution in [-0.2, 0) is 45.9 Å². The van der Waals surface area contributed by atoms with Crippen LogP contribution in [0.1, 0.15) is 107 Å². The van der Waals surface area contributed by atoms with Gasteiger partial charge in [0.05, 0.1) is 72.9 Å². The smallest absolute Gasteiger partial charge is 0.137 e. The van der Waals surface area contributed by atoms with Gasteiger partial charge in [0.15, 0.2) is 0 Å². The number of benzene rings is 3. The van der Waals surface area contributed by atoms with Crippen molar-refractivity contribution in [1.82, 2.24) is 49.8 Å². The molecule has 340 valence electrons. The second-order valence-corrected chi connectivity index (χ2v) is 15.2. The van der Waals surface area contributed by atoms with Crippen molar-refractivity contribution in [3.8, 4) is 22.6 Å². The van der Waals surface area contributed by atoms with Crippen molar-refractivity contribution in [3.05, 3.63) is 171 Å². The van der Waals surface area contributed by atoms with Gasteiger partial charge < -0.3 is 50.5 Å². The molecule has 10 N–H and O–H groups in total. The summed E-state index contributed by atoms with van der Waals surface area (Å²) in [5.41, 5.74) is 11.8. The molecule has 0 aliphatic heterocycles. The van der Waals surface area contributed by atoms with Crippen molar-refractivity contribution >= 4 is 0 Å². The standard InChI is InChI=1S/C12H14N2O.2C11H12N2O.C8H14N2O.C7H12N2O/c1-9-11(8-15)14-12(13-9)7-10-5-3-2-4-6-10;1-8-12-10(7-14)11(13-8)9-5-3-2-4-6-9;1-8-10(7-14)13-11(12-8)9-5-3-2-4-6-9;1-5(2)8-9-6(3)7(4-11)10-8;1-3-6-7(4-10)9-5(2)8-6/h2-6,15H,7-8H2,1H3,(H,13,14);2*2-6,14H,7H2,1H3,(H,12,13);5,11H,4H2,1-3H3,(H,9,10);10H,3-4H2,1-2H3,(H,8,9). The summed E-state index contributed by atoms with van der Waals surface area (Å²) in [6.07, 6.45) is 1.65. The van der Waals surface area contributed by atoms with E-state index in [0.717, 1.165) is 104 Å². The molecule has 0 fully saturated rings. The maximum absolute atomic E-state index is 9.12. The molecule has 0 saturated heterocycles. The van der Waals surface area contributed by atoms with Crippen molar-refractivity contribution in [1.29, 1.82) is 0 Å². The van der Waals surface area contributed by atoms with Gasteiger partial charge in [-0.05, 0) is 46.6 Å². The van der Waals surface area contributed by atoms with Crippen LogP contribution in [0.3, 0.4) is 0 Å². The van der Waals surface area contributed by atoms with Crippen LogP contribution in [0.4, 0.5) is 0 Å². The first-order valence-corrected chi connectivity index (χ1v) is 21.3. The average molecular weight is 873 g/mol. The second kappa shape index (κ2) is 25.6. The third-order valence-electron chi connectivity index (χ3n) is 9.86. The lowest BCUT2D eigenvalue weighted by Crippen LogP contribution is -1.90. The summed E-state index contributed by atoms with van der Waals surface area (Å²) in [6.45, 7) is 15.7.